The molecule has 0 amide bonds. The van der Waals surface area contributed by atoms with Gasteiger partial charge in [-0.25, -0.2) is 0 Å². The Labute approximate surface area is 91.9 Å². The molecule has 0 radical (unpaired) electrons. The Morgan fingerprint density at radius 2 is 2.27 bits per heavy atom. The van der Waals surface area contributed by atoms with Crippen molar-refractivity contribution >= 4 is 5.78 Å². The van der Waals surface area contributed by atoms with Crippen molar-refractivity contribution in [2.75, 3.05) is 0 Å². The predicted molar refractivity (Wildman–Crippen MR) is 61.4 cm³/mol. The number of hydrogen-bond donors (Lipinski definition) is 1. The van der Waals surface area contributed by atoms with Crippen LogP contribution in [0.1, 0.15) is 38.5 Å². The van der Waals surface area contributed by atoms with Crippen molar-refractivity contribution < 1.29 is 4.79 Å². The molecule has 0 aromatic heterocycles. The van der Waals surface area contributed by atoms with Crippen molar-refractivity contribution in [3.05, 3.63) is 12.7 Å². The number of fused-ring (bicyclic) bond motifs is 2. The predicted octanol–water partition coefficient (Wildman–Crippen LogP) is 2.29. The summed E-state index contributed by atoms with van der Waals surface area (Å²) in [6.45, 7) is 3.62. The molecule has 2 saturated carbocycles. The lowest BCUT2D eigenvalue weighted by Gasteiger charge is -2.21. The number of Topliss-reactive ketones (excluding diaryl/α,β-unsaturated/α-hetero) is 1. The van der Waals surface area contributed by atoms with Crippen LogP contribution < -0.4 is 5.73 Å². The lowest BCUT2D eigenvalue weighted by atomic mass is 9.84. The van der Waals surface area contributed by atoms with Gasteiger partial charge in [0.1, 0.15) is 5.78 Å². The van der Waals surface area contributed by atoms with Crippen LogP contribution in [0.15, 0.2) is 12.7 Å². The molecular weight excluding hydrogens is 186 g/mol. The van der Waals surface area contributed by atoms with Crippen LogP contribution in [0.5, 0.6) is 0 Å². The van der Waals surface area contributed by atoms with E-state index < -0.39 is 0 Å². The first-order chi connectivity index (χ1) is 7.20. The molecule has 2 N–H and O–H groups in total. The SMILES string of the molecule is C=CCC(N)C(=O)CC1CC2CCC1C2. The van der Waals surface area contributed by atoms with Gasteiger partial charge in [-0.15, -0.1) is 6.58 Å². The number of nitrogens with two attached hydrogens (primary N) is 1. The third-order valence-electron chi connectivity index (χ3n) is 4.18. The summed E-state index contributed by atoms with van der Waals surface area (Å²) in [6.07, 6.45) is 8.47. The van der Waals surface area contributed by atoms with E-state index in [1.807, 2.05) is 0 Å². The quantitative estimate of drug-likeness (QED) is 0.703. The van der Waals surface area contributed by atoms with Crippen LogP contribution in [0.25, 0.3) is 0 Å². The fraction of sp³-hybridized carbons (Fsp3) is 0.769. The fourth-order valence-corrected chi connectivity index (χ4v) is 3.35. The van der Waals surface area contributed by atoms with E-state index in [1.54, 1.807) is 6.08 Å². The standard InChI is InChI=1S/C13H21NO/c1-2-3-12(14)13(15)8-11-7-9-4-5-10(11)6-9/h2,9-12H,1,3-8,14H2. The molecule has 0 spiro atoms. The molecule has 15 heavy (non-hydrogen) atoms. The highest BCUT2D eigenvalue weighted by Crippen LogP contribution is 2.49. The molecule has 2 bridgehead atoms. The highest BCUT2D eigenvalue weighted by Gasteiger charge is 2.40. The van der Waals surface area contributed by atoms with Gasteiger partial charge in [0.25, 0.3) is 0 Å². The Morgan fingerprint density at radius 1 is 1.47 bits per heavy atom. The Hall–Kier alpha value is -0.630. The molecule has 2 fully saturated rings. The van der Waals surface area contributed by atoms with E-state index in [4.69, 9.17) is 5.73 Å². The molecule has 2 nitrogen and oxygen atoms in total. The Bertz CT molecular complexity index is 261. The number of ketones is 1. The van der Waals surface area contributed by atoms with Gasteiger partial charge in [-0.2, -0.15) is 0 Å². The summed E-state index contributed by atoms with van der Waals surface area (Å²) < 4.78 is 0. The summed E-state index contributed by atoms with van der Waals surface area (Å²) in [4.78, 5) is 11.8. The first kappa shape index (κ1) is 10.9. The van der Waals surface area contributed by atoms with Crippen molar-refractivity contribution in [2.24, 2.45) is 23.5 Å². The minimum atomic E-state index is -0.304. The fourth-order valence-electron chi connectivity index (χ4n) is 3.35. The molecule has 0 saturated heterocycles. The molecule has 2 aliphatic carbocycles. The lowest BCUT2D eigenvalue weighted by molar-refractivity contribution is -0.121. The number of carbonyl (C=O) groups is 1. The second kappa shape index (κ2) is 4.48. The Kier molecular flexibility index (Phi) is 3.25. The number of rotatable bonds is 5. The van der Waals surface area contributed by atoms with Gasteiger partial charge in [-0.1, -0.05) is 12.5 Å². The molecule has 0 heterocycles. The van der Waals surface area contributed by atoms with Gasteiger partial charge in [0.05, 0.1) is 6.04 Å². The van der Waals surface area contributed by atoms with E-state index in [-0.39, 0.29) is 11.8 Å². The Balaban J connectivity index is 1.82. The third-order valence-corrected chi connectivity index (χ3v) is 4.18. The molecule has 4 atom stereocenters. The van der Waals surface area contributed by atoms with Crippen molar-refractivity contribution in [3.63, 3.8) is 0 Å². The summed E-state index contributed by atoms with van der Waals surface area (Å²) in [7, 11) is 0. The molecule has 2 heteroatoms. The van der Waals surface area contributed by atoms with Gasteiger partial charge in [-0.05, 0) is 43.4 Å². The van der Waals surface area contributed by atoms with Crippen LogP contribution in [0.4, 0.5) is 0 Å². The maximum Gasteiger partial charge on any atom is 0.150 e. The van der Waals surface area contributed by atoms with E-state index in [0.29, 0.717) is 12.3 Å². The minimum Gasteiger partial charge on any atom is -0.321 e. The average Bonchev–Trinajstić information content (AvgIpc) is 2.79. The van der Waals surface area contributed by atoms with Crippen LogP contribution in [0.3, 0.4) is 0 Å². The molecule has 2 aliphatic rings. The maximum atomic E-state index is 11.8. The highest BCUT2D eigenvalue weighted by molar-refractivity contribution is 5.84. The van der Waals surface area contributed by atoms with Gasteiger partial charge in [0.2, 0.25) is 0 Å². The normalized spacial score (nSPS) is 35.4. The molecule has 2 rings (SSSR count). The van der Waals surface area contributed by atoms with Crippen LogP contribution >= 0.6 is 0 Å². The van der Waals surface area contributed by atoms with Crippen molar-refractivity contribution in [1.82, 2.24) is 0 Å². The molecule has 0 aliphatic heterocycles. The summed E-state index contributed by atoms with van der Waals surface area (Å²) in [5, 5.41) is 0. The summed E-state index contributed by atoms with van der Waals surface area (Å²) in [5.74, 6) is 2.64. The largest absolute Gasteiger partial charge is 0.321 e. The number of carbonyl (C=O) groups excluding carboxylic acids is 1. The summed E-state index contributed by atoms with van der Waals surface area (Å²) >= 11 is 0. The molecule has 4 unspecified atom stereocenters. The monoisotopic (exact) mass is 207 g/mol. The average molecular weight is 207 g/mol. The van der Waals surface area contributed by atoms with Gasteiger partial charge in [0, 0.05) is 6.42 Å². The topological polar surface area (TPSA) is 43.1 Å². The third kappa shape index (κ3) is 2.31. The molecule has 0 aromatic rings. The zero-order chi connectivity index (χ0) is 10.8. The van der Waals surface area contributed by atoms with E-state index in [1.165, 1.54) is 25.7 Å². The van der Waals surface area contributed by atoms with Crippen molar-refractivity contribution in [2.45, 2.75) is 44.6 Å². The van der Waals surface area contributed by atoms with Gasteiger partial charge >= 0.3 is 0 Å². The second-order valence-corrected chi connectivity index (χ2v) is 5.24. The molecule has 0 aromatic carbocycles. The first-order valence-electron chi connectivity index (χ1n) is 6.10. The van der Waals surface area contributed by atoms with Gasteiger partial charge in [-0.3, -0.25) is 4.79 Å². The van der Waals surface area contributed by atoms with E-state index in [2.05, 4.69) is 6.58 Å². The van der Waals surface area contributed by atoms with Crippen LogP contribution in [0, 0.1) is 17.8 Å². The van der Waals surface area contributed by atoms with Crippen molar-refractivity contribution in [3.8, 4) is 0 Å². The smallest absolute Gasteiger partial charge is 0.150 e. The zero-order valence-corrected chi connectivity index (χ0v) is 9.32. The van der Waals surface area contributed by atoms with Crippen molar-refractivity contribution in [1.29, 1.82) is 0 Å². The Morgan fingerprint density at radius 3 is 2.80 bits per heavy atom. The zero-order valence-electron chi connectivity index (χ0n) is 9.32. The lowest BCUT2D eigenvalue weighted by Crippen LogP contribution is -2.32. The molecular formula is C13H21NO. The van der Waals surface area contributed by atoms with Gasteiger partial charge < -0.3 is 5.73 Å². The van der Waals surface area contributed by atoms with Crippen LogP contribution in [-0.4, -0.2) is 11.8 Å². The number of hydrogen-bond acceptors (Lipinski definition) is 2. The van der Waals surface area contributed by atoms with E-state index in [0.717, 1.165) is 18.3 Å². The van der Waals surface area contributed by atoms with E-state index in [9.17, 15) is 4.79 Å². The highest BCUT2D eigenvalue weighted by atomic mass is 16.1. The van der Waals surface area contributed by atoms with Crippen LogP contribution in [0.2, 0.25) is 0 Å². The van der Waals surface area contributed by atoms with Crippen LogP contribution in [-0.2, 0) is 4.79 Å². The first-order valence-corrected chi connectivity index (χ1v) is 6.10. The van der Waals surface area contributed by atoms with E-state index >= 15 is 0 Å². The molecule has 84 valence electrons. The van der Waals surface area contributed by atoms with Gasteiger partial charge in [0.15, 0.2) is 0 Å². The minimum absolute atomic E-state index is 0.243. The summed E-state index contributed by atoms with van der Waals surface area (Å²) in [6, 6.07) is -0.304. The summed E-state index contributed by atoms with van der Waals surface area (Å²) in [5.41, 5.74) is 5.78. The maximum absolute atomic E-state index is 11.8. The second-order valence-electron chi connectivity index (χ2n) is 5.24.